The van der Waals surface area contributed by atoms with Gasteiger partial charge in [0, 0.05) is 0 Å². The van der Waals surface area contributed by atoms with Crippen LogP contribution in [0.1, 0.15) is 39.5 Å². The van der Waals surface area contributed by atoms with Crippen molar-refractivity contribution in [3.63, 3.8) is 0 Å². The van der Waals surface area contributed by atoms with Crippen molar-refractivity contribution in [2.24, 2.45) is 23.7 Å². The highest BCUT2D eigenvalue weighted by Gasteiger charge is 2.40. The molecular weight excluding hydrogens is 168 g/mol. The number of allylic oxidation sites excluding steroid dienone is 4. The molecule has 0 nitrogen and oxygen atoms in total. The van der Waals surface area contributed by atoms with E-state index in [1.54, 1.807) is 11.1 Å². The molecule has 2 saturated carbocycles. The molecule has 0 radical (unpaired) electrons. The zero-order chi connectivity index (χ0) is 9.71. The van der Waals surface area contributed by atoms with E-state index < -0.39 is 0 Å². The van der Waals surface area contributed by atoms with Gasteiger partial charge in [0.15, 0.2) is 0 Å². The van der Waals surface area contributed by atoms with Crippen LogP contribution in [0, 0.1) is 23.7 Å². The van der Waals surface area contributed by atoms with Crippen LogP contribution in [-0.2, 0) is 0 Å². The number of fused-ring (bicyclic) bond motifs is 3. The summed E-state index contributed by atoms with van der Waals surface area (Å²) in [5.74, 6) is 3.74. The number of hydrogen-bond donors (Lipinski definition) is 0. The Morgan fingerprint density at radius 1 is 0.857 bits per heavy atom. The Kier molecular flexibility index (Phi) is 1.87. The van der Waals surface area contributed by atoms with E-state index in [0.717, 1.165) is 23.7 Å². The summed E-state index contributed by atoms with van der Waals surface area (Å²) in [5, 5.41) is 0. The van der Waals surface area contributed by atoms with Crippen LogP contribution in [0.15, 0.2) is 23.3 Å². The lowest BCUT2D eigenvalue weighted by atomic mass is 9.81. The average molecular weight is 188 g/mol. The van der Waals surface area contributed by atoms with Gasteiger partial charge < -0.3 is 0 Å². The molecule has 76 valence electrons. The normalized spacial score (nSPS) is 45.6. The van der Waals surface area contributed by atoms with E-state index in [1.165, 1.54) is 25.7 Å². The van der Waals surface area contributed by atoms with Gasteiger partial charge in [-0.2, -0.15) is 0 Å². The van der Waals surface area contributed by atoms with Gasteiger partial charge in [0.2, 0.25) is 0 Å². The molecule has 0 aromatic carbocycles. The van der Waals surface area contributed by atoms with E-state index in [0.29, 0.717) is 0 Å². The van der Waals surface area contributed by atoms with Gasteiger partial charge in [0.1, 0.15) is 0 Å². The standard InChI is InChI=1S/C14H20/c1-9-5-11-3-4-12(6-9)14-8-10(2)7-13(11)14/h3-4,9-10,13-14H,5-8H2,1-2H3. The van der Waals surface area contributed by atoms with Gasteiger partial charge in [0.25, 0.3) is 0 Å². The van der Waals surface area contributed by atoms with E-state index in [2.05, 4.69) is 26.0 Å². The molecule has 2 atom stereocenters. The number of rotatable bonds is 0. The van der Waals surface area contributed by atoms with Crippen molar-refractivity contribution in [2.75, 3.05) is 0 Å². The minimum atomic E-state index is 0.899. The summed E-state index contributed by atoms with van der Waals surface area (Å²) in [4.78, 5) is 0. The van der Waals surface area contributed by atoms with E-state index in [4.69, 9.17) is 0 Å². The zero-order valence-electron chi connectivity index (χ0n) is 9.29. The Hall–Kier alpha value is -0.520. The summed E-state index contributed by atoms with van der Waals surface area (Å²) in [7, 11) is 0. The smallest absolute Gasteiger partial charge is 0.0132 e. The molecular formula is C14H20. The predicted octanol–water partition coefficient (Wildman–Crippen LogP) is 3.95. The summed E-state index contributed by atoms with van der Waals surface area (Å²) < 4.78 is 0. The second-order valence-corrected chi connectivity index (χ2v) is 5.79. The third-order valence-corrected chi connectivity index (χ3v) is 4.43. The highest BCUT2D eigenvalue weighted by Crippen LogP contribution is 2.51. The second-order valence-electron chi connectivity index (χ2n) is 5.79. The van der Waals surface area contributed by atoms with Gasteiger partial charge in [-0.25, -0.2) is 0 Å². The lowest BCUT2D eigenvalue weighted by Crippen LogP contribution is -2.13. The van der Waals surface area contributed by atoms with Crippen LogP contribution in [0.25, 0.3) is 0 Å². The van der Waals surface area contributed by atoms with Crippen molar-refractivity contribution in [3.05, 3.63) is 23.3 Å². The molecule has 0 spiro atoms. The quantitative estimate of drug-likeness (QED) is 0.540. The maximum absolute atomic E-state index is 2.44. The van der Waals surface area contributed by atoms with Crippen molar-refractivity contribution in [1.82, 2.24) is 0 Å². The minimum absolute atomic E-state index is 0.899. The van der Waals surface area contributed by atoms with Gasteiger partial charge >= 0.3 is 0 Å². The van der Waals surface area contributed by atoms with Gasteiger partial charge in [-0.3, -0.25) is 0 Å². The average Bonchev–Trinajstić information content (AvgIpc) is 2.36. The highest BCUT2D eigenvalue weighted by molar-refractivity contribution is 5.34. The summed E-state index contributed by atoms with van der Waals surface area (Å²) in [6, 6.07) is 0. The largest absolute Gasteiger partial charge is 0.0662 e. The SMILES string of the molecule is CC1CC2=CC=C(C1)C1CC(C)CC21. The van der Waals surface area contributed by atoms with Gasteiger partial charge in [-0.15, -0.1) is 0 Å². The zero-order valence-corrected chi connectivity index (χ0v) is 9.29. The summed E-state index contributed by atoms with van der Waals surface area (Å²) in [6.45, 7) is 4.84. The van der Waals surface area contributed by atoms with Crippen LogP contribution in [-0.4, -0.2) is 0 Å². The molecule has 4 aliphatic carbocycles. The van der Waals surface area contributed by atoms with E-state index >= 15 is 0 Å². The van der Waals surface area contributed by atoms with Crippen molar-refractivity contribution in [2.45, 2.75) is 39.5 Å². The summed E-state index contributed by atoms with van der Waals surface area (Å²) in [5.41, 5.74) is 3.54. The Bertz CT molecular complexity index is 278. The number of hydrogen-bond acceptors (Lipinski definition) is 0. The van der Waals surface area contributed by atoms with Gasteiger partial charge in [-0.1, -0.05) is 37.1 Å². The molecule has 0 aliphatic heterocycles. The van der Waals surface area contributed by atoms with Crippen LogP contribution in [0.2, 0.25) is 0 Å². The Morgan fingerprint density at radius 2 is 1.36 bits per heavy atom. The fourth-order valence-electron chi connectivity index (χ4n) is 3.89. The Morgan fingerprint density at radius 3 is 1.86 bits per heavy atom. The molecule has 0 heterocycles. The van der Waals surface area contributed by atoms with Crippen LogP contribution < -0.4 is 0 Å². The van der Waals surface area contributed by atoms with E-state index in [-0.39, 0.29) is 0 Å². The van der Waals surface area contributed by atoms with Gasteiger partial charge in [-0.05, 0) is 49.4 Å². The second kappa shape index (κ2) is 2.98. The molecule has 2 fully saturated rings. The fourth-order valence-corrected chi connectivity index (χ4v) is 3.89. The molecule has 2 unspecified atom stereocenters. The first-order chi connectivity index (χ1) is 6.74. The van der Waals surface area contributed by atoms with Crippen LogP contribution in [0.3, 0.4) is 0 Å². The summed E-state index contributed by atoms with van der Waals surface area (Å²) >= 11 is 0. The lowest BCUT2D eigenvalue weighted by molar-refractivity contribution is 0.496. The highest BCUT2D eigenvalue weighted by atomic mass is 14.4. The van der Waals surface area contributed by atoms with Crippen molar-refractivity contribution >= 4 is 0 Å². The summed E-state index contributed by atoms with van der Waals surface area (Å²) in [6.07, 6.45) is 10.5. The van der Waals surface area contributed by atoms with E-state index in [1.807, 2.05) is 0 Å². The minimum Gasteiger partial charge on any atom is -0.0662 e. The molecule has 4 rings (SSSR count). The third-order valence-electron chi connectivity index (χ3n) is 4.43. The molecule has 0 amide bonds. The predicted molar refractivity (Wildman–Crippen MR) is 59.9 cm³/mol. The van der Waals surface area contributed by atoms with Gasteiger partial charge in [0.05, 0.1) is 0 Å². The maximum Gasteiger partial charge on any atom is -0.0132 e. The maximum atomic E-state index is 2.44. The van der Waals surface area contributed by atoms with Crippen LogP contribution >= 0.6 is 0 Å². The molecule has 0 aromatic rings. The van der Waals surface area contributed by atoms with Crippen LogP contribution in [0.4, 0.5) is 0 Å². The molecule has 0 aromatic heterocycles. The molecule has 0 heteroatoms. The Balaban J connectivity index is 1.97. The third kappa shape index (κ3) is 1.20. The molecule has 0 N–H and O–H groups in total. The first-order valence-electron chi connectivity index (χ1n) is 6.13. The van der Waals surface area contributed by atoms with Crippen LogP contribution in [0.5, 0.6) is 0 Å². The molecule has 4 aliphatic rings. The lowest BCUT2D eigenvalue weighted by Gasteiger charge is -2.24. The monoisotopic (exact) mass is 188 g/mol. The van der Waals surface area contributed by atoms with Crippen molar-refractivity contribution in [1.29, 1.82) is 0 Å². The molecule has 14 heavy (non-hydrogen) atoms. The molecule has 0 saturated heterocycles. The fraction of sp³-hybridized carbons (Fsp3) is 0.714. The van der Waals surface area contributed by atoms with Crippen molar-refractivity contribution in [3.8, 4) is 0 Å². The Labute approximate surface area is 87.1 Å². The van der Waals surface area contributed by atoms with Crippen molar-refractivity contribution < 1.29 is 0 Å². The first kappa shape index (κ1) is 8.76. The van der Waals surface area contributed by atoms with E-state index in [9.17, 15) is 0 Å². The topological polar surface area (TPSA) is 0 Å². The first-order valence-corrected chi connectivity index (χ1v) is 6.13. The molecule has 2 bridgehead atoms.